The summed E-state index contributed by atoms with van der Waals surface area (Å²) < 4.78 is 0. The number of carboxylic acids is 1. The molecule has 1 atom stereocenters. The Balaban J connectivity index is 2.46. The third kappa shape index (κ3) is 3.93. The van der Waals surface area contributed by atoms with E-state index in [1.807, 2.05) is 6.92 Å². The van der Waals surface area contributed by atoms with Crippen LogP contribution in [-0.4, -0.2) is 72.2 Å². The maximum absolute atomic E-state index is 11.4. The second kappa shape index (κ2) is 6.87. The lowest BCUT2D eigenvalue weighted by Gasteiger charge is -2.45. The Morgan fingerprint density at radius 2 is 2.05 bits per heavy atom. The van der Waals surface area contributed by atoms with Crippen LogP contribution in [0.2, 0.25) is 0 Å². The molecule has 1 saturated heterocycles. The molecule has 1 rings (SSSR count). The van der Waals surface area contributed by atoms with Crippen molar-refractivity contribution in [3.63, 3.8) is 0 Å². The van der Waals surface area contributed by atoms with Crippen molar-refractivity contribution in [2.24, 2.45) is 0 Å². The van der Waals surface area contributed by atoms with Gasteiger partial charge in [-0.2, -0.15) is 0 Å². The summed E-state index contributed by atoms with van der Waals surface area (Å²) in [6.07, 6.45) is 2.22. The van der Waals surface area contributed by atoms with Crippen LogP contribution < -0.4 is 5.32 Å². The van der Waals surface area contributed by atoms with Crippen LogP contribution in [0.25, 0.3) is 0 Å². The largest absolute Gasteiger partial charge is 0.480 e. The first-order valence-electron chi connectivity index (χ1n) is 7.63. The Morgan fingerprint density at radius 3 is 2.50 bits per heavy atom. The molecule has 118 valence electrons. The van der Waals surface area contributed by atoms with E-state index in [0.29, 0.717) is 12.8 Å². The van der Waals surface area contributed by atoms with E-state index in [0.717, 1.165) is 32.6 Å². The fraction of sp³-hybridized carbons (Fsp3) is 0.933. The van der Waals surface area contributed by atoms with E-state index in [9.17, 15) is 9.90 Å². The topological polar surface area (TPSA) is 55.8 Å². The molecular formula is C15H31N3O2. The number of rotatable bonds is 7. The number of nitrogens with one attached hydrogen (secondary N) is 1. The molecule has 0 aromatic carbocycles. The van der Waals surface area contributed by atoms with Crippen LogP contribution in [0.3, 0.4) is 0 Å². The Kier molecular flexibility index (Phi) is 5.98. The summed E-state index contributed by atoms with van der Waals surface area (Å²) in [5.41, 5.74) is -0.558. The van der Waals surface area contributed by atoms with Gasteiger partial charge >= 0.3 is 5.97 Å². The highest BCUT2D eigenvalue weighted by Crippen LogP contribution is 2.21. The number of carbonyl (C=O) groups is 1. The molecule has 0 bridgehead atoms. The number of hydrogen-bond acceptors (Lipinski definition) is 4. The van der Waals surface area contributed by atoms with Crippen LogP contribution in [0.4, 0.5) is 0 Å². The van der Waals surface area contributed by atoms with Crippen LogP contribution in [0.15, 0.2) is 0 Å². The van der Waals surface area contributed by atoms with Crippen molar-refractivity contribution in [3.05, 3.63) is 0 Å². The van der Waals surface area contributed by atoms with Crippen LogP contribution in [0, 0.1) is 0 Å². The van der Waals surface area contributed by atoms with Crippen molar-refractivity contribution < 1.29 is 9.90 Å². The van der Waals surface area contributed by atoms with Gasteiger partial charge in [-0.05, 0) is 53.8 Å². The number of piperazine rings is 1. The third-order valence-electron chi connectivity index (χ3n) is 4.96. The van der Waals surface area contributed by atoms with Crippen molar-refractivity contribution in [1.82, 2.24) is 15.1 Å². The van der Waals surface area contributed by atoms with Gasteiger partial charge in [0, 0.05) is 25.2 Å². The molecule has 5 heteroatoms. The van der Waals surface area contributed by atoms with E-state index in [-0.39, 0.29) is 5.54 Å². The number of aliphatic carboxylic acids is 1. The molecule has 0 saturated carbocycles. The average molecular weight is 285 g/mol. The molecule has 1 heterocycles. The van der Waals surface area contributed by atoms with Crippen LogP contribution >= 0.6 is 0 Å². The van der Waals surface area contributed by atoms with E-state index in [1.165, 1.54) is 0 Å². The van der Waals surface area contributed by atoms with Crippen molar-refractivity contribution in [2.45, 2.75) is 51.1 Å². The summed E-state index contributed by atoms with van der Waals surface area (Å²) >= 11 is 0. The Bertz CT molecular complexity index is 327. The van der Waals surface area contributed by atoms with Gasteiger partial charge in [0.25, 0.3) is 0 Å². The van der Waals surface area contributed by atoms with Crippen molar-refractivity contribution >= 4 is 5.97 Å². The van der Waals surface area contributed by atoms with E-state index in [2.05, 4.69) is 36.0 Å². The standard InChI is InChI=1S/C15H31N3O2/c1-6-15(16-4,13(19)20)8-7-9-18-11-10-17(5)14(2,3)12-18/h16H,6-12H2,1-5H3,(H,19,20). The summed E-state index contributed by atoms with van der Waals surface area (Å²) in [6, 6.07) is 0. The molecule has 0 aromatic heterocycles. The van der Waals surface area contributed by atoms with Gasteiger partial charge in [-0.15, -0.1) is 0 Å². The third-order valence-corrected chi connectivity index (χ3v) is 4.96. The molecule has 0 aromatic rings. The molecule has 1 aliphatic rings. The minimum Gasteiger partial charge on any atom is -0.480 e. The molecule has 1 aliphatic heterocycles. The van der Waals surface area contributed by atoms with Gasteiger partial charge in [0.1, 0.15) is 5.54 Å². The van der Waals surface area contributed by atoms with E-state index in [4.69, 9.17) is 0 Å². The minimum absolute atomic E-state index is 0.204. The molecule has 0 amide bonds. The zero-order valence-corrected chi connectivity index (χ0v) is 13.7. The SMILES string of the molecule is CCC(CCCN1CCN(C)C(C)(C)C1)(NC)C(=O)O. The van der Waals surface area contributed by atoms with E-state index >= 15 is 0 Å². The first-order chi connectivity index (χ1) is 9.27. The lowest BCUT2D eigenvalue weighted by atomic mass is 9.90. The maximum Gasteiger partial charge on any atom is 0.323 e. The second-order valence-electron chi connectivity index (χ2n) is 6.60. The fourth-order valence-corrected chi connectivity index (χ4v) is 2.98. The van der Waals surface area contributed by atoms with E-state index < -0.39 is 11.5 Å². The summed E-state index contributed by atoms with van der Waals surface area (Å²) in [5, 5.41) is 12.4. The van der Waals surface area contributed by atoms with Gasteiger partial charge in [-0.1, -0.05) is 6.92 Å². The smallest absolute Gasteiger partial charge is 0.323 e. The molecule has 1 fully saturated rings. The average Bonchev–Trinajstić information content (AvgIpc) is 2.38. The normalized spacial score (nSPS) is 23.4. The van der Waals surface area contributed by atoms with Crippen molar-refractivity contribution in [2.75, 3.05) is 40.3 Å². The van der Waals surface area contributed by atoms with Crippen LogP contribution in [-0.2, 0) is 4.79 Å². The predicted octanol–water partition coefficient (Wildman–Crippen LogP) is 1.25. The molecule has 0 spiro atoms. The van der Waals surface area contributed by atoms with Crippen molar-refractivity contribution in [3.8, 4) is 0 Å². The quantitative estimate of drug-likeness (QED) is 0.737. The summed E-state index contributed by atoms with van der Waals surface area (Å²) in [4.78, 5) is 16.3. The highest BCUT2D eigenvalue weighted by Gasteiger charge is 2.35. The van der Waals surface area contributed by atoms with Gasteiger partial charge in [0.05, 0.1) is 0 Å². The monoisotopic (exact) mass is 285 g/mol. The van der Waals surface area contributed by atoms with E-state index in [1.54, 1.807) is 7.05 Å². The zero-order valence-electron chi connectivity index (χ0n) is 13.7. The van der Waals surface area contributed by atoms with Gasteiger partial charge in [0.15, 0.2) is 0 Å². The Morgan fingerprint density at radius 1 is 1.40 bits per heavy atom. The van der Waals surface area contributed by atoms with Gasteiger partial charge in [-0.25, -0.2) is 0 Å². The maximum atomic E-state index is 11.4. The number of carboxylic acid groups (broad SMARTS) is 1. The highest BCUT2D eigenvalue weighted by molar-refractivity contribution is 5.78. The van der Waals surface area contributed by atoms with Crippen LogP contribution in [0.5, 0.6) is 0 Å². The van der Waals surface area contributed by atoms with Gasteiger partial charge < -0.3 is 15.3 Å². The second-order valence-corrected chi connectivity index (χ2v) is 6.60. The number of nitrogens with zero attached hydrogens (tertiary/aromatic N) is 2. The first kappa shape index (κ1) is 17.4. The lowest BCUT2D eigenvalue weighted by Crippen LogP contribution is -2.57. The Hall–Kier alpha value is -0.650. The van der Waals surface area contributed by atoms with Crippen LogP contribution in [0.1, 0.15) is 40.0 Å². The zero-order chi connectivity index (χ0) is 15.4. The molecule has 1 unspecified atom stereocenters. The molecule has 20 heavy (non-hydrogen) atoms. The molecule has 5 nitrogen and oxygen atoms in total. The number of hydrogen-bond donors (Lipinski definition) is 2. The summed E-state index contributed by atoms with van der Waals surface area (Å²) in [5.74, 6) is -0.735. The minimum atomic E-state index is -0.762. The highest BCUT2D eigenvalue weighted by atomic mass is 16.4. The Labute approximate surface area is 123 Å². The predicted molar refractivity (Wildman–Crippen MR) is 82.1 cm³/mol. The fourth-order valence-electron chi connectivity index (χ4n) is 2.98. The van der Waals surface area contributed by atoms with Gasteiger partial charge in [-0.3, -0.25) is 9.69 Å². The molecule has 0 radical (unpaired) electrons. The van der Waals surface area contributed by atoms with Gasteiger partial charge in [0.2, 0.25) is 0 Å². The summed E-state index contributed by atoms with van der Waals surface area (Å²) in [6.45, 7) is 10.6. The number of likely N-dealkylation sites (N-methyl/N-ethyl adjacent to an activating group) is 2. The molecule has 2 N–H and O–H groups in total. The lowest BCUT2D eigenvalue weighted by molar-refractivity contribution is -0.145. The summed E-state index contributed by atoms with van der Waals surface area (Å²) in [7, 11) is 3.92. The first-order valence-corrected chi connectivity index (χ1v) is 7.63. The molecular weight excluding hydrogens is 254 g/mol. The van der Waals surface area contributed by atoms with Crippen molar-refractivity contribution in [1.29, 1.82) is 0 Å². The molecule has 0 aliphatic carbocycles.